The van der Waals surface area contributed by atoms with Crippen LogP contribution in [0.25, 0.3) is 11.1 Å². The highest BCUT2D eigenvalue weighted by Gasteiger charge is 2.23. The van der Waals surface area contributed by atoms with Crippen molar-refractivity contribution in [2.75, 3.05) is 17.6 Å². The molecule has 4 aromatic carbocycles. The van der Waals surface area contributed by atoms with E-state index >= 15 is 0 Å². The second kappa shape index (κ2) is 13.9. The van der Waals surface area contributed by atoms with E-state index in [1.165, 1.54) is 0 Å². The summed E-state index contributed by atoms with van der Waals surface area (Å²) in [6.07, 6.45) is 0.354. The number of carbonyl (C=O) groups is 2. The number of carbonyl (C=O) groups excluding carboxylic acids is 2. The van der Waals surface area contributed by atoms with Crippen molar-refractivity contribution >= 4 is 50.8 Å². The maximum atomic E-state index is 13.9. The van der Waals surface area contributed by atoms with E-state index in [-0.39, 0.29) is 17.9 Å². The monoisotopic (exact) mass is 652 g/mol. The fourth-order valence-corrected chi connectivity index (χ4v) is 5.51. The van der Waals surface area contributed by atoms with Crippen molar-refractivity contribution < 1.29 is 22.6 Å². The summed E-state index contributed by atoms with van der Waals surface area (Å²) < 4.78 is 30.7. The molecule has 0 heterocycles. The first-order chi connectivity index (χ1) is 20.7. The SMILES string of the molecule is CC(C)(C)c1ccc(C(Cc2ccc(C(=O)NCCS(=O)(=O)O)cc2)C(=O)Nc2cc(Cl)cc(-c3cccc(Cl)c3)c2)cc1. The Hall–Kier alpha value is -3.69. The fourth-order valence-electron chi connectivity index (χ4n) is 4.73. The van der Waals surface area contributed by atoms with E-state index < -0.39 is 27.7 Å². The van der Waals surface area contributed by atoms with Crippen LogP contribution in [0, 0.1) is 0 Å². The predicted octanol–water partition coefficient (Wildman–Crippen LogP) is 7.54. The molecule has 0 bridgehead atoms. The van der Waals surface area contributed by atoms with E-state index in [1.54, 1.807) is 36.4 Å². The van der Waals surface area contributed by atoms with E-state index in [9.17, 15) is 18.0 Å². The molecular formula is C34H34Cl2N2O5S. The molecule has 0 aliphatic carbocycles. The van der Waals surface area contributed by atoms with Gasteiger partial charge in [0.1, 0.15) is 0 Å². The summed E-state index contributed by atoms with van der Waals surface area (Å²) in [5, 5.41) is 6.57. The maximum absolute atomic E-state index is 13.9. The van der Waals surface area contributed by atoms with Gasteiger partial charge in [-0.3, -0.25) is 14.1 Å². The molecule has 7 nitrogen and oxygen atoms in total. The first kappa shape index (κ1) is 33.2. The Bertz CT molecular complexity index is 1750. The Morgan fingerprint density at radius 3 is 2.11 bits per heavy atom. The van der Waals surface area contributed by atoms with Crippen molar-refractivity contribution in [3.63, 3.8) is 0 Å². The molecule has 0 aliphatic rings. The van der Waals surface area contributed by atoms with E-state index in [0.717, 1.165) is 27.8 Å². The third-order valence-electron chi connectivity index (χ3n) is 7.12. The van der Waals surface area contributed by atoms with Crippen molar-refractivity contribution in [1.82, 2.24) is 5.32 Å². The lowest BCUT2D eigenvalue weighted by Gasteiger charge is -2.22. The van der Waals surface area contributed by atoms with Crippen LogP contribution in [0.5, 0.6) is 0 Å². The Morgan fingerprint density at radius 2 is 1.50 bits per heavy atom. The molecule has 0 aromatic heterocycles. The number of benzene rings is 4. The quantitative estimate of drug-likeness (QED) is 0.153. The molecule has 1 atom stereocenters. The van der Waals surface area contributed by atoms with Crippen LogP contribution in [0.1, 0.15) is 53.7 Å². The topological polar surface area (TPSA) is 113 Å². The summed E-state index contributed by atoms with van der Waals surface area (Å²) in [6, 6.07) is 27.5. The van der Waals surface area contributed by atoms with Crippen LogP contribution in [0.3, 0.4) is 0 Å². The van der Waals surface area contributed by atoms with Crippen LogP contribution in [0.4, 0.5) is 5.69 Å². The lowest BCUT2D eigenvalue weighted by molar-refractivity contribution is -0.117. The molecule has 0 aliphatic heterocycles. The zero-order valence-corrected chi connectivity index (χ0v) is 26.9. The third kappa shape index (κ3) is 9.40. The molecular weight excluding hydrogens is 619 g/mol. The lowest BCUT2D eigenvalue weighted by Crippen LogP contribution is -2.28. The van der Waals surface area contributed by atoms with Crippen molar-refractivity contribution in [1.29, 1.82) is 0 Å². The van der Waals surface area contributed by atoms with Gasteiger partial charge >= 0.3 is 0 Å². The van der Waals surface area contributed by atoms with Crippen LogP contribution in [0.15, 0.2) is 91.0 Å². The van der Waals surface area contributed by atoms with E-state index in [4.69, 9.17) is 27.8 Å². The number of anilines is 1. The molecule has 3 N–H and O–H groups in total. The summed E-state index contributed by atoms with van der Waals surface area (Å²) in [5.41, 5.74) is 5.30. The van der Waals surface area contributed by atoms with Gasteiger partial charge in [-0.25, -0.2) is 0 Å². The lowest BCUT2D eigenvalue weighted by atomic mass is 9.84. The van der Waals surface area contributed by atoms with Crippen LogP contribution in [0.2, 0.25) is 10.0 Å². The van der Waals surface area contributed by atoms with Gasteiger partial charge in [-0.1, -0.05) is 92.5 Å². The van der Waals surface area contributed by atoms with Crippen molar-refractivity contribution in [3.8, 4) is 11.1 Å². The number of hydrogen-bond donors (Lipinski definition) is 3. The number of hydrogen-bond acceptors (Lipinski definition) is 4. The molecule has 2 amide bonds. The maximum Gasteiger partial charge on any atom is 0.266 e. The Kier molecular flexibility index (Phi) is 10.5. The van der Waals surface area contributed by atoms with E-state index in [2.05, 4.69) is 31.4 Å². The van der Waals surface area contributed by atoms with Gasteiger partial charge in [-0.05, 0) is 82.1 Å². The van der Waals surface area contributed by atoms with Crippen LogP contribution in [-0.2, 0) is 26.7 Å². The van der Waals surface area contributed by atoms with Gasteiger partial charge in [0.15, 0.2) is 0 Å². The van der Waals surface area contributed by atoms with Crippen LogP contribution in [-0.4, -0.2) is 37.1 Å². The minimum Gasteiger partial charge on any atom is -0.351 e. The summed E-state index contributed by atoms with van der Waals surface area (Å²) in [7, 11) is -4.18. The summed E-state index contributed by atoms with van der Waals surface area (Å²) in [6.45, 7) is 6.17. The zero-order chi connectivity index (χ0) is 32.1. The second-order valence-corrected chi connectivity index (χ2v) is 14.0. The average Bonchev–Trinajstić information content (AvgIpc) is 2.95. The van der Waals surface area contributed by atoms with Gasteiger partial charge < -0.3 is 10.6 Å². The highest BCUT2D eigenvalue weighted by atomic mass is 35.5. The van der Waals surface area contributed by atoms with Gasteiger partial charge in [-0.15, -0.1) is 0 Å². The van der Waals surface area contributed by atoms with Gasteiger partial charge in [0.05, 0.1) is 11.7 Å². The standard InChI is InChI=1S/C34H34Cl2N2O5S/c1-34(2,3)27-13-11-23(12-14-27)31(17-22-7-9-24(10-8-22)32(39)37-15-16-44(41,42)43)33(40)38-30-20-26(19-29(36)21-30)25-5-4-6-28(35)18-25/h4-14,18-21,31H,15-17H2,1-3H3,(H,37,39)(H,38,40)(H,41,42,43). The average molecular weight is 654 g/mol. The predicted molar refractivity (Wildman–Crippen MR) is 177 cm³/mol. The fraction of sp³-hybridized carbons (Fsp3) is 0.235. The molecule has 1 unspecified atom stereocenters. The molecule has 44 heavy (non-hydrogen) atoms. The largest absolute Gasteiger partial charge is 0.351 e. The van der Waals surface area contributed by atoms with Gasteiger partial charge in [0.25, 0.3) is 16.0 Å². The number of nitrogens with one attached hydrogen (secondary N) is 2. The highest BCUT2D eigenvalue weighted by molar-refractivity contribution is 7.85. The van der Waals surface area contributed by atoms with Crippen molar-refractivity contribution in [2.24, 2.45) is 0 Å². The zero-order valence-electron chi connectivity index (χ0n) is 24.6. The Labute approximate surface area is 268 Å². The summed E-state index contributed by atoms with van der Waals surface area (Å²) >= 11 is 12.6. The smallest absolute Gasteiger partial charge is 0.266 e. The molecule has 0 saturated heterocycles. The molecule has 4 rings (SSSR count). The number of halogens is 2. The molecule has 230 valence electrons. The Balaban J connectivity index is 1.58. The molecule has 0 radical (unpaired) electrons. The molecule has 4 aromatic rings. The van der Waals surface area contributed by atoms with Crippen LogP contribution >= 0.6 is 23.2 Å². The highest BCUT2D eigenvalue weighted by Crippen LogP contribution is 2.31. The molecule has 10 heteroatoms. The number of rotatable bonds is 10. The first-order valence-electron chi connectivity index (χ1n) is 14.0. The normalized spacial score (nSPS) is 12.4. The first-order valence-corrected chi connectivity index (χ1v) is 16.3. The van der Waals surface area contributed by atoms with Crippen LogP contribution < -0.4 is 10.6 Å². The van der Waals surface area contributed by atoms with Gasteiger partial charge in [0, 0.05) is 27.8 Å². The summed E-state index contributed by atoms with van der Waals surface area (Å²) in [5.74, 6) is -1.83. The minimum absolute atomic E-state index is 0.0500. The van der Waals surface area contributed by atoms with Crippen molar-refractivity contribution in [3.05, 3.63) is 123 Å². The molecule has 0 saturated carbocycles. The Morgan fingerprint density at radius 1 is 0.841 bits per heavy atom. The number of amides is 2. The second-order valence-electron chi connectivity index (χ2n) is 11.6. The third-order valence-corrected chi connectivity index (χ3v) is 8.29. The molecule has 0 spiro atoms. The molecule has 0 fully saturated rings. The summed E-state index contributed by atoms with van der Waals surface area (Å²) in [4.78, 5) is 26.3. The van der Waals surface area contributed by atoms with E-state index in [0.29, 0.717) is 27.7 Å². The van der Waals surface area contributed by atoms with E-state index in [1.807, 2.05) is 54.6 Å². The van der Waals surface area contributed by atoms with Gasteiger partial charge in [0.2, 0.25) is 5.91 Å². The van der Waals surface area contributed by atoms with Crippen molar-refractivity contribution in [2.45, 2.75) is 38.5 Å². The van der Waals surface area contributed by atoms with Gasteiger partial charge in [-0.2, -0.15) is 8.42 Å². The minimum atomic E-state index is -4.18.